The van der Waals surface area contributed by atoms with Crippen molar-refractivity contribution in [1.82, 2.24) is 14.6 Å². The van der Waals surface area contributed by atoms with Gasteiger partial charge in [-0.3, -0.25) is 9.88 Å². The number of benzene rings is 2. The van der Waals surface area contributed by atoms with E-state index in [0.717, 1.165) is 22.3 Å². The topological polar surface area (TPSA) is 120 Å². The van der Waals surface area contributed by atoms with Crippen LogP contribution in [-0.2, 0) is 29.4 Å². The second kappa shape index (κ2) is 12.1. The number of aromatic nitrogens is 1. The van der Waals surface area contributed by atoms with E-state index in [-0.39, 0.29) is 19.4 Å². The molecule has 1 amide bonds. The number of hydrogen-bond donors (Lipinski definition) is 3. The van der Waals surface area contributed by atoms with Gasteiger partial charge in [-0.15, -0.1) is 11.3 Å². The Bertz CT molecular complexity index is 1130. The van der Waals surface area contributed by atoms with Crippen LogP contribution in [0.2, 0.25) is 0 Å². The number of amides is 1. The van der Waals surface area contributed by atoms with Gasteiger partial charge in [0.1, 0.15) is 0 Å². The summed E-state index contributed by atoms with van der Waals surface area (Å²) in [7, 11) is -3.55. The van der Waals surface area contributed by atoms with Gasteiger partial charge >= 0.3 is 6.09 Å². The third-order valence-corrected chi connectivity index (χ3v) is 6.95. The maximum Gasteiger partial charge on any atom is 0.407 e. The minimum absolute atomic E-state index is 0.0476. The van der Waals surface area contributed by atoms with Crippen LogP contribution in [-0.4, -0.2) is 59.1 Å². The summed E-state index contributed by atoms with van der Waals surface area (Å²) in [6.45, 7) is 0.0808. The maximum absolute atomic E-state index is 12.3. The lowest BCUT2D eigenvalue weighted by Crippen LogP contribution is -2.50. The van der Waals surface area contributed by atoms with E-state index in [1.807, 2.05) is 60.7 Å². The molecule has 0 radical (unpaired) electrons. The second-order valence-corrected chi connectivity index (χ2v) is 11.0. The van der Waals surface area contributed by atoms with Gasteiger partial charge in [0, 0.05) is 17.1 Å². The van der Waals surface area contributed by atoms with Crippen LogP contribution in [0.15, 0.2) is 72.4 Å². The van der Waals surface area contributed by atoms with Gasteiger partial charge in [-0.05, 0) is 30.4 Å². The Morgan fingerprint density at radius 1 is 1.06 bits per heavy atom. The summed E-state index contributed by atoms with van der Waals surface area (Å²) in [5.74, 6) is 0. The molecule has 0 saturated heterocycles. The van der Waals surface area contributed by atoms with Gasteiger partial charge in [0.05, 0.1) is 30.5 Å². The molecule has 3 atom stereocenters. The van der Waals surface area contributed by atoms with Crippen molar-refractivity contribution >= 4 is 27.5 Å². The molecule has 3 aromatic rings. The highest BCUT2D eigenvalue weighted by Crippen LogP contribution is 2.21. The van der Waals surface area contributed by atoms with Crippen LogP contribution < -0.4 is 4.72 Å². The second-order valence-electron chi connectivity index (χ2n) is 8.22. The summed E-state index contributed by atoms with van der Waals surface area (Å²) in [4.78, 5) is 18.2. The molecule has 0 aliphatic carbocycles. The van der Waals surface area contributed by atoms with Gasteiger partial charge in [-0.25, -0.2) is 17.9 Å². The first-order chi connectivity index (χ1) is 16.2. The fraction of sp³-hybridized carbons (Fsp3) is 0.333. The smallest absolute Gasteiger partial charge is 0.407 e. The number of carbonyl (C=O) groups is 1. The highest BCUT2D eigenvalue weighted by molar-refractivity contribution is 7.88. The summed E-state index contributed by atoms with van der Waals surface area (Å²) < 4.78 is 26.7. The Balaban J connectivity index is 1.87. The van der Waals surface area contributed by atoms with E-state index in [1.165, 1.54) is 16.2 Å². The Kier molecular flexibility index (Phi) is 9.17. The molecule has 0 saturated carbocycles. The molecule has 3 rings (SSSR count). The van der Waals surface area contributed by atoms with Gasteiger partial charge in [-0.1, -0.05) is 60.7 Å². The van der Waals surface area contributed by atoms with Crippen LogP contribution >= 0.6 is 11.3 Å². The molecule has 34 heavy (non-hydrogen) atoms. The van der Waals surface area contributed by atoms with E-state index in [0.29, 0.717) is 6.42 Å². The number of sulfonamides is 1. The molecule has 0 fully saturated rings. The van der Waals surface area contributed by atoms with Crippen molar-refractivity contribution in [3.8, 4) is 0 Å². The third-order valence-electron chi connectivity index (χ3n) is 5.42. The quantitative estimate of drug-likeness (QED) is 0.349. The number of aliphatic hydroxyl groups is 1. The van der Waals surface area contributed by atoms with Crippen molar-refractivity contribution in [2.45, 2.75) is 44.0 Å². The molecule has 0 bridgehead atoms. The number of thiazole rings is 1. The number of carboxylic acid groups (broad SMARTS) is 1. The first-order valence-corrected chi connectivity index (χ1v) is 13.6. The van der Waals surface area contributed by atoms with Crippen molar-refractivity contribution in [2.24, 2.45) is 0 Å². The lowest BCUT2D eigenvalue weighted by molar-refractivity contribution is 0.0358. The van der Waals surface area contributed by atoms with E-state index in [2.05, 4.69) is 9.71 Å². The Labute approximate surface area is 204 Å². The van der Waals surface area contributed by atoms with E-state index in [9.17, 15) is 23.4 Å². The average molecular weight is 504 g/mol. The van der Waals surface area contributed by atoms with Gasteiger partial charge in [0.2, 0.25) is 10.0 Å². The average Bonchev–Trinajstić information content (AvgIpc) is 3.29. The van der Waals surface area contributed by atoms with Crippen LogP contribution in [0.5, 0.6) is 0 Å². The van der Waals surface area contributed by atoms with Crippen LogP contribution in [0.3, 0.4) is 0 Å². The molecule has 0 spiro atoms. The number of aliphatic hydroxyl groups excluding tert-OH is 1. The van der Waals surface area contributed by atoms with Crippen molar-refractivity contribution in [1.29, 1.82) is 0 Å². The molecule has 1 aromatic heterocycles. The van der Waals surface area contributed by atoms with E-state index >= 15 is 0 Å². The molecule has 2 aromatic carbocycles. The first kappa shape index (κ1) is 25.8. The summed E-state index contributed by atoms with van der Waals surface area (Å²) in [6, 6.07) is 17.3. The predicted octanol–water partition coefficient (Wildman–Crippen LogP) is 3.15. The minimum Gasteiger partial charge on any atom is -0.465 e. The summed E-state index contributed by atoms with van der Waals surface area (Å²) in [5, 5.41) is 21.3. The van der Waals surface area contributed by atoms with Gasteiger partial charge in [0.15, 0.2) is 0 Å². The van der Waals surface area contributed by atoms with Gasteiger partial charge < -0.3 is 10.2 Å². The Morgan fingerprint density at radius 3 is 2.15 bits per heavy atom. The number of nitrogens with one attached hydrogen (secondary N) is 1. The number of rotatable bonds is 12. The normalized spacial score (nSPS) is 14.3. The highest BCUT2D eigenvalue weighted by atomic mass is 32.2. The zero-order valence-corrected chi connectivity index (χ0v) is 20.5. The molecular formula is C24H29N3O5S2. The maximum atomic E-state index is 12.3. The van der Waals surface area contributed by atoms with Crippen molar-refractivity contribution in [2.75, 3.05) is 6.26 Å². The van der Waals surface area contributed by atoms with Gasteiger partial charge in [0.25, 0.3) is 0 Å². The zero-order chi connectivity index (χ0) is 24.6. The van der Waals surface area contributed by atoms with Crippen LogP contribution in [0.25, 0.3) is 0 Å². The third kappa shape index (κ3) is 8.21. The van der Waals surface area contributed by atoms with E-state index < -0.39 is 34.3 Å². The lowest BCUT2D eigenvalue weighted by Gasteiger charge is -2.34. The lowest BCUT2D eigenvalue weighted by atomic mass is 9.93. The Hall–Kier alpha value is -2.79. The number of nitrogens with zero attached hydrogens (tertiary/aromatic N) is 2. The molecule has 0 unspecified atom stereocenters. The Morgan fingerprint density at radius 2 is 1.65 bits per heavy atom. The van der Waals surface area contributed by atoms with Crippen LogP contribution in [0, 0.1) is 0 Å². The molecule has 182 valence electrons. The largest absolute Gasteiger partial charge is 0.465 e. The fourth-order valence-electron chi connectivity index (χ4n) is 3.95. The molecule has 0 aliphatic rings. The van der Waals surface area contributed by atoms with Crippen molar-refractivity contribution in [3.63, 3.8) is 0 Å². The van der Waals surface area contributed by atoms with Crippen LogP contribution in [0.4, 0.5) is 4.79 Å². The SMILES string of the molecule is CS(=O)(=O)N[C@@H](Cc1ccccc1)C[C@@H](O)[C@H](Cc1ccccc1)N(Cc1cncs1)C(=O)O. The van der Waals surface area contributed by atoms with Crippen molar-refractivity contribution in [3.05, 3.63) is 88.4 Å². The molecule has 3 N–H and O–H groups in total. The summed E-state index contributed by atoms with van der Waals surface area (Å²) >= 11 is 1.34. The molecule has 8 nitrogen and oxygen atoms in total. The molecule has 0 aliphatic heterocycles. The van der Waals surface area contributed by atoms with Crippen molar-refractivity contribution < 1.29 is 23.4 Å². The van der Waals surface area contributed by atoms with E-state index in [4.69, 9.17) is 0 Å². The first-order valence-electron chi connectivity index (χ1n) is 10.8. The number of hydrogen-bond acceptors (Lipinski definition) is 6. The molecular weight excluding hydrogens is 474 g/mol. The minimum atomic E-state index is -3.55. The van der Waals surface area contributed by atoms with E-state index in [1.54, 1.807) is 11.7 Å². The summed E-state index contributed by atoms with van der Waals surface area (Å²) in [6.07, 6.45) is 1.10. The fourth-order valence-corrected chi connectivity index (χ4v) is 5.32. The highest BCUT2D eigenvalue weighted by Gasteiger charge is 2.32. The predicted molar refractivity (Wildman–Crippen MR) is 132 cm³/mol. The standard InChI is InChI=1S/C24H29N3O5S2/c1-34(31,32)26-20(12-18-8-4-2-5-9-18)14-23(28)22(13-19-10-6-3-7-11-19)27(24(29)30)16-21-15-25-17-33-21/h2-11,15,17,20,22-23,26,28H,12-14,16H2,1H3,(H,29,30)/t20-,22-,23+/m0/s1. The van der Waals surface area contributed by atoms with Crippen LogP contribution in [0.1, 0.15) is 22.4 Å². The van der Waals surface area contributed by atoms with Gasteiger partial charge in [-0.2, -0.15) is 0 Å². The molecule has 1 heterocycles. The summed E-state index contributed by atoms with van der Waals surface area (Å²) in [5.41, 5.74) is 3.41. The zero-order valence-electron chi connectivity index (χ0n) is 18.8. The molecule has 10 heteroatoms. The monoisotopic (exact) mass is 503 g/mol.